The number of morpholine rings is 1. The Morgan fingerprint density at radius 3 is 2.64 bits per heavy atom. The van der Waals surface area contributed by atoms with Gasteiger partial charge >= 0.3 is 0 Å². The molecule has 0 spiro atoms. The van der Waals surface area contributed by atoms with Crippen LogP contribution >= 0.6 is 0 Å². The summed E-state index contributed by atoms with van der Waals surface area (Å²) in [6.07, 6.45) is 6.16. The second kappa shape index (κ2) is 5.85. The molecule has 0 aromatic carbocycles. The van der Waals surface area contributed by atoms with Gasteiger partial charge in [-0.25, -0.2) is 9.97 Å². The highest BCUT2D eigenvalue weighted by Gasteiger charge is 2.27. The molecule has 0 unspecified atom stereocenters. The van der Waals surface area contributed by atoms with Crippen molar-refractivity contribution in [3.63, 3.8) is 0 Å². The van der Waals surface area contributed by atoms with Crippen LogP contribution in [0.1, 0.15) is 12.8 Å². The molecule has 2 aliphatic rings. The largest absolute Gasteiger partial charge is 0.379 e. The fraction of sp³-hybridized carbons (Fsp3) is 0.625. The normalized spacial score (nSPS) is 21.6. The van der Waals surface area contributed by atoms with Crippen molar-refractivity contribution in [1.29, 1.82) is 0 Å². The maximum Gasteiger partial charge on any atom is 0.145 e. The zero-order chi connectivity index (χ0) is 14.9. The molecule has 0 aliphatic carbocycles. The van der Waals surface area contributed by atoms with E-state index >= 15 is 0 Å². The molecule has 2 fully saturated rings. The molecule has 118 valence electrons. The molecule has 0 bridgehead atoms. The van der Waals surface area contributed by atoms with Gasteiger partial charge in [0.15, 0.2) is 0 Å². The Morgan fingerprint density at radius 1 is 1.09 bits per heavy atom. The lowest BCUT2D eigenvalue weighted by molar-refractivity contribution is 0.0115. The van der Waals surface area contributed by atoms with Crippen molar-refractivity contribution in [1.82, 2.24) is 19.4 Å². The minimum Gasteiger partial charge on any atom is -0.379 e. The summed E-state index contributed by atoms with van der Waals surface area (Å²) < 4.78 is 7.52. The van der Waals surface area contributed by atoms with E-state index in [1.165, 1.54) is 12.8 Å². The second-order valence-electron chi connectivity index (χ2n) is 6.23. The number of hydrogen-bond acceptors (Lipinski definition) is 5. The van der Waals surface area contributed by atoms with Gasteiger partial charge in [0.1, 0.15) is 17.8 Å². The molecule has 2 saturated heterocycles. The highest BCUT2D eigenvalue weighted by Crippen LogP contribution is 2.27. The van der Waals surface area contributed by atoms with E-state index in [1.54, 1.807) is 6.33 Å². The van der Waals surface area contributed by atoms with Crippen molar-refractivity contribution in [2.45, 2.75) is 18.9 Å². The van der Waals surface area contributed by atoms with Crippen molar-refractivity contribution in [3.8, 4) is 0 Å². The number of fused-ring (bicyclic) bond motifs is 1. The molecule has 22 heavy (non-hydrogen) atoms. The van der Waals surface area contributed by atoms with E-state index < -0.39 is 0 Å². The van der Waals surface area contributed by atoms with Crippen molar-refractivity contribution in [2.24, 2.45) is 7.05 Å². The van der Waals surface area contributed by atoms with Gasteiger partial charge in [-0.3, -0.25) is 4.90 Å². The maximum absolute atomic E-state index is 5.46. The zero-order valence-corrected chi connectivity index (χ0v) is 13.1. The number of aryl methyl sites for hydroxylation is 1. The van der Waals surface area contributed by atoms with Crippen LogP contribution in [-0.2, 0) is 11.8 Å². The monoisotopic (exact) mass is 301 g/mol. The Balaban J connectivity index is 1.48. The zero-order valence-electron chi connectivity index (χ0n) is 13.1. The third kappa shape index (κ3) is 2.46. The van der Waals surface area contributed by atoms with Crippen molar-refractivity contribution in [3.05, 3.63) is 18.6 Å². The number of hydrogen-bond donors (Lipinski definition) is 0. The highest BCUT2D eigenvalue weighted by atomic mass is 16.5. The van der Waals surface area contributed by atoms with Crippen molar-refractivity contribution >= 4 is 16.9 Å². The van der Waals surface area contributed by atoms with Gasteiger partial charge in [-0.05, 0) is 18.9 Å². The number of piperidine rings is 1. The van der Waals surface area contributed by atoms with Gasteiger partial charge in [0.05, 0.1) is 18.6 Å². The number of ether oxygens (including phenoxy) is 1. The van der Waals surface area contributed by atoms with E-state index in [0.717, 1.165) is 56.2 Å². The maximum atomic E-state index is 5.46. The van der Waals surface area contributed by atoms with Crippen LogP contribution in [0.4, 0.5) is 5.82 Å². The molecule has 0 radical (unpaired) electrons. The van der Waals surface area contributed by atoms with Crippen LogP contribution in [0.25, 0.3) is 11.0 Å². The first-order chi connectivity index (χ1) is 10.8. The minimum absolute atomic E-state index is 0.702. The lowest BCUT2D eigenvalue weighted by Gasteiger charge is -2.40. The summed E-state index contributed by atoms with van der Waals surface area (Å²) in [6, 6.07) is 2.83. The molecular weight excluding hydrogens is 278 g/mol. The summed E-state index contributed by atoms with van der Waals surface area (Å²) in [6.45, 7) is 6.09. The third-order valence-corrected chi connectivity index (χ3v) is 4.97. The van der Waals surface area contributed by atoms with Crippen LogP contribution in [-0.4, -0.2) is 64.9 Å². The second-order valence-corrected chi connectivity index (χ2v) is 6.23. The Hall–Kier alpha value is -1.66. The van der Waals surface area contributed by atoms with Crippen molar-refractivity contribution < 1.29 is 4.74 Å². The molecule has 2 aromatic heterocycles. The SMILES string of the molecule is Cn1ccc2c(N3CCC(N4CCOCC4)CC3)ncnc21. The molecule has 0 atom stereocenters. The average molecular weight is 301 g/mol. The van der Waals surface area contributed by atoms with Crippen LogP contribution in [0, 0.1) is 0 Å². The molecule has 6 heteroatoms. The average Bonchev–Trinajstić information content (AvgIpc) is 2.97. The lowest BCUT2D eigenvalue weighted by Crippen LogP contribution is -2.49. The number of rotatable bonds is 2. The van der Waals surface area contributed by atoms with Crippen LogP contribution in [0.5, 0.6) is 0 Å². The molecule has 4 rings (SSSR count). The predicted molar refractivity (Wildman–Crippen MR) is 86.1 cm³/mol. The summed E-state index contributed by atoms with van der Waals surface area (Å²) in [5.41, 5.74) is 1.01. The summed E-state index contributed by atoms with van der Waals surface area (Å²) in [5.74, 6) is 1.09. The first-order valence-corrected chi connectivity index (χ1v) is 8.16. The molecule has 6 nitrogen and oxygen atoms in total. The van der Waals surface area contributed by atoms with E-state index in [1.807, 2.05) is 7.05 Å². The van der Waals surface area contributed by atoms with Gasteiger partial charge in [0.2, 0.25) is 0 Å². The Labute approximate surface area is 130 Å². The van der Waals surface area contributed by atoms with Gasteiger partial charge in [0, 0.05) is 45.5 Å². The van der Waals surface area contributed by atoms with E-state index in [4.69, 9.17) is 4.74 Å². The smallest absolute Gasteiger partial charge is 0.145 e. The Kier molecular flexibility index (Phi) is 3.72. The molecule has 0 amide bonds. The first-order valence-electron chi connectivity index (χ1n) is 8.16. The fourth-order valence-electron chi connectivity index (χ4n) is 3.70. The Morgan fingerprint density at radius 2 is 1.86 bits per heavy atom. The molecule has 0 saturated carbocycles. The van der Waals surface area contributed by atoms with Crippen LogP contribution in [0.2, 0.25) is 0 Å². The van der Waals surface area contributed by atoms with E-state index in [0.29, 0.717) is 6.04 Å². The van der Waals surface area contributed by atoms with Gasteiger partial charge in [-0.1, -0.05) is 0 Å². The van der Waals surface area contributed by atoms with Crippen LogP contribution < -0.4 is 4.90 Å². The minimum atomic E-state index is 0.702. The number of anilines is 1. The van der Waals surface area contributed by atoms with Gasteiger partial charge in [-0.15, -0.1) is 0 Å². The quantitative estimate of drug-likeness (QED) is 0.836. The summed E-state index contributed by atoms with van der Waals surface area (Å²) in [4.78, 5) is 14.0. The summed E-state index contributed by atoms with van der Waals surface area (Å²) in [5, 5.41) is 1.16. The fourth-order valence-corrected chi connectivity index (χ4v) is 3.70. The van der Waals surface area contributed by atoms with Crippen molar-refractivity contribution in [2.75, 3.05) is 44.3 Å². The topological polar surface area (TPSA) is 46.4 Å². The summed E-state index contributed by atoms with van der Waals surface area (Å²) in [7, 11) is 2.03. The summed E-state index contributed by atoms with van der Waals surface area (Å²) >= 11 is 0. The molecule has 4 heterocycles. The Bertz CT molecular complexity index is 641. The lowest BCUT2D eigenvalue weighted by atomic mass is 10.0. The first kappa shape index (κ1) is 14.0. The number of aromatic nitrogens is 3. The van der Waals surface area contributed by atoms with E-state index in [-0.39, 0.29) is 0 Å². The van der Waals surface area contributed by atoms with Crippen LogP contribution in [0.3, 0.4) is 0 Å². The molecule has 2 aromatic rings. The van der Waals surface area contributed by atoms with E-state index in [9.17, 15) is 0 Å². The van der Waals surface area contributed by atoms with Crippen LogP contribution in [0.15, 0.2) is 18.6 Å². The van der Waals surface area contributed by atoms with Gasteiger partial charge < -0.3 is 14.2 Å². The third-order valence-electron chi connectivity index (χ3n) is 4.97. The molecule has 2 aliphatic heterocycles. The predicted octanol–water partition coefficient (Wildman–Crippen LogP) is 1.27. The molecular formula is C16H23N5O. The molecule has 0 N–H and O–H groups in total. The van der Waals surface area contributed by atoms with E-state index in [2.05, 4.69) is 36.6 Å². The highest BCUT2D eigenvalue weighted by molar-refractivity contribution is 5.87. The standard InChI is InChI=1S/C16H23N5O/c1-19-5-4-14-15(19)17-12-18-16(14)21-6-2-13(3-7-21)20-8-10-22-11-9-20/h4-5,12-13H,2-3,6-11H2,1H3. The van der Waals surface area contributed by atoms with Gasteiger partial charge in [-0.2, -0.15) is 0 Å². The number of nitrogens with zero attached hydrogens (tertiary/aromatic N) is 5. The van der Waals surface area contributed by atoms with Gasteiger partial charge in [0.25, 0.3) is 0 Å².